The van der Waals surface area contributed by atoms with Gasteiger partial charge in [-0.15, -0.1) is 11.8 Å². The van der Waals surface area contributed by atoms with Crippen LogP contribution in [0, 0.1) is 11.8 Å². The second-order valence-electron chi connectivity index (χ2n) is 3.44. The summed E-state index contributed by atoms with van der Waals surface area (Å²) in [7, 11) is 0. The first-order valence-electron chi connectivity index (χ1n) is 4.97. The Morgan fingerprint density at radius 3 is 2.85 bits per heavy atom. The fourth-order valence-electron chi connectivity index (χ4n) is 1.16. The molecule has 1 saturated carbocycles. The van der Waals surface area contributed by atoms with E-state index in [4.69, 9.17) is 0 Å². The lowest BCUT2D eigenvalue weighted by Crippen LogP contribution is -2.20. The minimum Gasteiger partial charge on any atom is -0.314 e. The van der Waals surface area contributed by atoms with Gasteiger partial charge in [-0.3, -0.25) is 4.79 Å². The Bertz CT molecular complexity index is 220. The van der Waals surface area contributed by atoms with Crippen LogP contribution in [0.2, 0.25) is 0 Å². The second kappa shape index (κ2) is 5.77. The van der Waals surface area contributed by atoms with E-state index in [2.05, 4.69) is 17.2 Å². The van der Waals surface area contributed by atoms with Crippen molar-refractivity contribution < 1.29 is 4.79 Å². The van der Waals surface area contributed by atoms with Gasteiger partial charge in [0.15, 0.2) is 0 Å². The normalized spacial score (nSPS) is 14.8. The third kappa shape index (κ3) is 5.43. The van der Waals surface area contributed by atoms with Crippen molar-refractivity contribution in [2.24, 2.45) is 0 Å². The van der Waals surface area contributed by atoms with Gasteiger partial charge >= 0.3 is 0 Å². The SMILES string of the molecule is CC#CCCC(=O)CCNC1CC1. The van der Waals surface area contributed by atoms with Crippen molar-refractivity contribution in [1.82, 2.24) is 5.32 Å². The molecule has 1 N–H and O–H groups in total. The molecule has 1 rings (SSSR count). The summed E-state index contributed by atoms with van der Waals surface area (Å²) in [5, 5.41) is 3.32. The Labute approximate surface area is 80.1 Å². The monoisotopic (exact) mass is 179 g/mol. The minimum atomic E-state index is 0.330. The van der Waals surface area contributed by atoms with Gasteiger partial charge in [-0.1, -0.05) is 0 Å². The van der Waals surface area contributed by atoms with E-state index in [-0.39, 0.29) is 0 Å². The molecule has 1 aliphatic carbocycles. The summed E-state index contributed by atoms with van der Waals surface area (Å²) in [6.45, 7) is 2.65. The molecule has 0 amide bonds. The lowest BCUT2D eigenvalue weighted by Gasteiger charge is -2.00. The molecule has 0 radical (unpaired) electrons. The number of carbonyl (C=O) groups is 1. The Hall–Kier alpha value is -0.810. The van der Waals surface area contributed by atoms with Crippen LogP contribution < -0.4 is 5.32 Å². The summed E-state index contributed by atoms with van der Waals surface area (Å²) in [6.07, 6.45) is 4.58. The van der Waals surface area contributed by atoms with E-state index in [0.29, 0.717) is 24.7 Å². The van der Waals surface area contributed by atoms with Crippen molar-refractivity contribution >= 4 is 5.78 Å². The molecule has 13 heavy (non-hydrogen) atoms. The summed E-state index contributed by atoms with van der Waals surface area (Å²) in [5.74, 6) is 6.02. The van der Waals surface area contributed by atoms with Crippen LogP contribution in [-0.2, 0) is 4.79 Å². The van der Waals surface area contributed by atoms with Crippen molar-refractivity contribution in [3.63, 3.8) is 0 Å². The van der Waals surface area contributed by atoms with Crippen LogP contribution in [0.3, 0.4) is 0 Å². The molecule has 0 bridgehead atoms. The standard InChI is InChI=1S/C11H17NO/c1-2-3-4-5-11(13)8-9-12-10-6-7-10/h10,12H,4-9H2,1H3. The molecule has 0 aromatic carbocycles. The molecule has 0 aliphatic heterocycles. The molecular formula is C11H17NO. The second-order valence-corrected chi connectivity index (χ2v) is 3.44. The van der Waals surface area contributed by atoms with Crippen molar-refractivity contribution in [2.45, 2.75) is 45.1 Å². The number of Topliss-reactive ketones (excluding diaryl/α,β-unsaturated/α-hetero) is 1. The van der Waals surface area contributed by atoms with Crippen molar-refractivity contribution in [3.8, 4) is 11.8 Å². The molecule has 72 valence electrons. The maximum atomic E-state index is 11.2. The average Bonchev–Trinajstić information content (AvgIpc) is 2.89. The Morgan fingerprint density at radius 2 is 2.23 bits per heavy atom. The minimum absolute atomic E-state index is 0.330. The van der Waals surface area contributed by atoms with Crippen molar-refractivity contribution in [2.75, 3.05) is 6.54 Å². The van der Waals surface area contributed by atoms with Gasteiger partial charge in [-0.25, -0.2) is 0 Å². The molecule has 1 fully saturated rings. The molecule has 0 aromatic rings. The number of hydrogen-bond donors (Lipinski definition) is 1. The van der Waals surface area contributed by atoms with Gasteiger partial charge in [-0.2, -0.15) is 0 Å². The van der Waals surface area contributed by atoms with Gasteiger partial charge < -0.3 is 5.32 Å². The lowest BCUT2D eigenvalue weighted by molar-refractivity contribution is -0.118. The molecule has 0 saturated heterocycles. The topological polar surface area (TPSA) is 29.1 Å². The van der Waals surface area contributed by atoms with Crippen molar-refractivity contribution in [1.29, 1.82) is 0 Å². The summed E-state index contributed by atoms with van der Waals surface area (Å²) in [6, 6.07) is 0.711. The van der Waals surface area contributed by atoms with Gasteiger partial charge in [0.1, 0.15) is 5.78 Å². The Kier molecular flexibility index (Phi) is 4.56. The zero-order valence-electron chi connectivity index (χ0n) is 8.23. The van der Waals surface area contributed by atoms with Crippen LogP contribution in [0.4, 0.5) is 0 Å². The number of nitrogens with one attached hydrogen (secondary N) is 1. The largest absolute Gasteiger partial charge is 0.314 e. The van der Waals surface area contributed by atoms with Crippen molar-refractivity contribution in [3.05, 3.63) is 0 Å². The van der Waals surface area contributed by atoms with E-state index in [1.807, 2.05) is 0 Å². The third-order valence-electron chi connectivity index (χ3n) is 2.12. The number of carbonyl (C=O) groups excluding carboxylic acids is 1. The van der Waals surface area contributed by atoms with E-state index in [0.717, 1.165) is 13.0 Å². The fraction of sp³-hybridized carbons (Fsp3) is 0.727. The first kappa shape index (κ1) is 10.3. The molecule has 1 aliphatic rings. The fourth-order valence-corrected chi connectivity index (χ4v) is 1.16. The molecular weight excluding hydrogens is 162 g/mol. The predicted molar refractivity (Wildman–Crippen MR) is 53.3 cm³/mol. The smallest absolute Gasteiger partial charge is 0.135 e. The Balaban J connectivity index is 1.92. The van der Waals surface area contributed by atoms with Crippen LogP contribution in [0.1, 0.15) is 39.0 Å². The highest BCUT2D eigenvalue weighted by Crippen LogP contribution is 2.18. The van der Waals surface area contributed by atoms with E-state index in [9.17, 15) is 4.79 Å². The molecule has 0 heterocycles. The summed E-state index contributed by atoms with van der Waals surface area (Å²) >= 11 is 0. The van der Waals surface area contributed by atoms with Gasteiger partial charge in [0.2, 0.25) is 0 Å². The number of rotatable bonds is 6. The van der Waals surface area contributed by atoms with Gasteiger partial charge in [0.25, 0.3) is 0 Å². The first-order chi connectivity index (χ1) is 6.33. The van der Waals surface area contributed by atoms with Crippen LogP contribution in [0.15, 0.2) is 0 Å². The third-order valence-corrected chi connectivity index (χ3v) is 2.12. The molecule has 2 nitrogen and oxygen atoms in total. The highest BCUT2D eigenvalue weighted by molar-refractivity contribution is 5.78. The van der Waals surface area contributed by atoms with E-state index in [1.165, 1.54) is 12.8 Å². The number of hydrogen-bond acceptors (Lipinski definition) is 2. The molecule has 0 unspecified atom stereocenters. The van der Waals surface area contributed by atoms with E-state index < -0.39 is 0 Å². The van der Waals surface area contributed by atoms with Crippen LogP contribution >= 0.6 is 0 Å². The van der Waals surface area contributed by atoms with Gasteiger partial charge in [0, 0.05) is 31.8 Å². The van der Waals surface area contributed by atoms with E-state index >= 15 is 0 Å². The molecule has 0 spiro atoms. The van der Waals surface area contributed by atoms with Crippen LogP contribution in [0.25, 0.3) is 0 Å². The molecule has 0 atom stereocenters. The molecule has 0 aromatic heterocycles. The summed E-state index contributed by atoms with van der Waals surface area (Å²) < 4.78 is 0. The molecule has 2 heteroatoms. The highest BCUT2D eigenvalue weighted by atomic mass is 16.1. The average molecular weight is 179 g/mol. The lowest BCUT2D eigenvalue weighted by atomic mass is 10.2. The maximum absolute atomic E-state index is 11.2. The van der Waals surface area contributed by atoms with E-state index in [1.54, 1.807) is 6.92 Å². The number of ketones is 1. The first-order valence-corrected chi connectivity index (χ1v) is 4.97. The highest BCUT2D eigenvalue weighted by Gasteiger charge is 2.19. The predicted octanol–water partition coefficient (Wildman–Crippen LogP) is 1.50. The summed E-state index contributed by atoms with van der Waals surface area (Å²) in [5.41, 5.74) is 0. The zero-order chi connectivity index (χ0) is 9.52. The van der Waals surface area contributed by atoms with Gasteiger partial charge in [0.05, 0.1) is 0 Å². The maximum Gasteiger partial charge on any atom is 0.135 e. The zero-order valence-corrected chi connectivity index (χ0v) is 8.23. The van der Waals surface area contributed by atoms with Crippen LogP contribution in [-0.4, -0.2) is 18.4 Å². The Morgan fingerprint density at radius 1 is 1.46 bits per heavy atom. The quantitative estimate of drug-likeness (QED) is 0.626. The van der Waals surface area contributed by atoms with Gasteiger partial charge in [-0.05, 0) is 19.8 Å². The summed E-state index contributed by atoms with van der Waals surface area (Å²) in [4.78, 5) is 11.2. The van der Waals surface area contributed by atoms with Crippen LogP contribution in [0.5, 0.6) is 0 Å².